The zero-order chi connectivity index (χ0) is 20.3. The van der Waals surface area contributed by atoms with Crippen LogP contribution in [0.2, 0.25) is 0 Å². The summed E-state index contributed by atoms with van der Waals surface area (Å²) >= 11 is 0. The second-order valence-corrected chi connectivity index (χ2v) is 6.52. The molecule has 0 atom stereocenters. The minimum absolute atomic E-state index is 0.0148. The monoisotopic (exact) mass is 372 g/mol. The van der Waals surface area contributed by atoms with Crippen LogP contribution in [0, 0.1) is 0 Å². The molecule has 0 amide bonds. The van der Waals surface area contributed by atoms with E-state index in [0.717, 1.165) is 28.5 Å². The van der Waals surface area contributed by atoms with E-state index < -0.39 is 0 Å². The number of ether oxygens (including phenoxy) is 1. The van der Waals surface area contributed by atoms with Crippen LogP contribution in [-0.2, 0) is 0 Å². The lowest BCUT2D eigenvalue weighted by Crippen LogP contribution is -1.97. The summed E-state index contributed by atoms with van der Waals surface area (Å²) in [6.07, 6.45) is 0.821. The highest BCUT2D eigenvalue weighted by atomic mass is 16.5. The highest BCUT2D eigenvalue weighted by Crippen LogP contribution is 2.36. The number of hydrogen-bond acceptors (Lipinski definition) is 4. The van der Waals surface area contributed by atoms with Crippen molar-refractivity contribution < 1.29 is 19.1 Å². The first-order chi connectivity index (χ1) is 13.4. The first-order valence-electron chi connectivity index (χ1n) is 8.84. The number of aldehydes is 1. The third kappa shape index (κ3) is 3.76. The van der Waals surface area contributed by atoms with E-state index in [1.807, 2.05) is 24.3 Å². The Morgan fingerprint density at radius 2 is 1.14 bits per heavy atom. The molecule has 3 rings (SSSR count). The molecule has 28 heavy (non-hydrogen) atoms. The molecule has 0 aromatic heterocycles. The van der Waals surface area contributed by atoms with Gasteiger partial charge >= 0.3 is 0 Å². The van der Waals surface area contributed by atoms with Crippen molar-refractivity contribution in [2.75, 3.05) is 7.11 Å². The minimum Gasteiger partial charge on any atom is -0.497 e. The van der Waals surface area contributed by atoms with E-state index in [1.54, 1.807) is 43.5 Å². The van der Waals surface area contributed by atoms with Gasteiger partial charge in [0.1, 0.15) is 5.75 Å². The van der Waals surface area contributed by atoms with Crippen LogP contribution in [0.25, 0.3) is 22.3 Å². The lowest BCUT2D eigenvalue weighted by molar-refractivity contribution is 0.100. The Bertz CT molecular complexity index is 966. The van der Waals surface area contributed by atoms with Crippen molar-refractivity contribution >= 4 is 17.9 Å². The molecule has 3 aromatic carbocycles. The number of Topliss-reactive ketones (excluding diaryl/α,β-unsaturated/α-hetero) is 2. The highest BCUT2D eigenvalue weighted by molar-refractivity contribution is 5.99. The summed E-state index contributed by atoms with van der Waals surface area (Å²) in [6.45, 7) is 3.03. The average Bonchev–Trinajstić information content (AvgIpc) is 2.72. The van der Waals surface area contributed by atoms with Crippen molar-refractivity contribution in [3.63, 3.8) is 0 Å². The van der Waals surface area contributed by atoms with Crippen LogP contribution in [-0.4, -0.2) is 25.0 Å². The van der Waals surface area contributed by atoms with E-state index in [1.165, 1.54) is 13.8 Å². The fourth-order valence-corrected chi connectivity index (χ4v) is 3.12. The molecule has 0 aliphatic rings. The molecule has 4 heteroatoms. The SMILES string of the molecule is COc1cc(-c2ccc(C(C)=O)cc2)c(C=O)c(-c2ccc(C(C)=O)cc2)c1. The fraction of sp³-hybridized carbons (Fsp3) is 0.125. The largest absolute Gasteiger partial charge is 0.497 e. The summed E-state index contributed by atoms with van der Waals surface area (Å²) in [5, 5.41) is 0. The first-order valence-corrected chi connectivity index (χ1v) is 8.84. The molecule has 3 aromatic rings. The fourth-order valence-electron chi connectivity index (χ4n) is 3.12. The van der Waals surface area contributed by atoms with Crippen LogP contribution >= 0.6 is 0 Å². The van der Waals surface area contributed by atoms with E-state index in [0.29, 0.717) is 22.4 Å². The molecule has 0 unspecified atom stereocenters. The van der Waals surface area contributed by atoms with Gasteiger partial charge < -0.3 is 4.74 Å². The summed E-state index contributed by atoms with van der Waals surface area (Å²) < 4.78 is 5.44. The Morgan fingerprint density at radius 3 is 1.43 bits per heavy atom. The Morgan fingerprint density at radius 1 is 0.750 bits per heavy atom. The molecule has 0 aliphatic carbocycles. The zero-order valence-corrected chi connectivity index (χ0v) is 16.0. The standard InChI is InChI=1S/C24H20O4/c1-15(26)17-4-8-19(9-5-17)22-12-21(28-3)13-23(24(22)14-25)20-10-6-18(7-11-20)16(2)27/h4-14H,1-3H3. The van der Waals surface area contributed by atoms with Crippen LogP contribution in [0.5, 0.6) is 5.75 Å². The zero-order valence-electron chi connectivity index (χ0n) is 16.0. The van der Waals surface area contributed by atoms with E-state index >= 15 is 0 Å². The summed E-state index contributed by atoms with van der Waals surface area (Å²) in [7, 11) is 1.57. The normalized spacial score (nSPS) is 10.4. The quantitative estimate of drug-likeness (QED) is 0.438. The number of methoxy groups -OCH3 is 1. The predicted molar refractivity (Wildman–Crippen MR) is 109 cm³/mol. The van der Waals surface area contributed by atoms with Gasteiger partial charge in [-0.3, -0.25) is 14.4 Å². The third-order valence-corrected chi connectivity index (χ3v) is 4.71. The van der Waals surface area contributed by atoms with E-state index in [9.17, 15) is 14.4 Å². The molecule has 140 valence electrons. The van der Waals surface area contributed by atoms with E-state index in [-0.39, 0.29) is 11.6 Å². The van der Waals surface area contributed by atoms with Crippen LogP contribution in [0.3, 0.4) is 0 Å². The van der Waals surface area contributed by atoms with Crippen molar-refractivity contribution in [2.45, 2.75) is 13.8 Å². The summed E-state index contributed by atoms with van der Waals surface area (Å²) in [4.78, 5) is 35.1. The summed E-state index contributed by atoms with van der Waals surface area (Å²) in [6, 6.07) is 17.9. The average molecular weight is 372 g/mol. The molecule has 0 bridgehead atoms. The minimum atomic E-state index is -0.0148. The number of carbonyl (C=O) groups excluding carboxylic acids is 3. The lowest BCUT2D eigenvalue weighted by Gasteiger charge is -2.14. The Balaban J connectivity index is 2.18. The lowest BCUT2D eigenvalue weighted by atomic mass is 9.91. The van der Waals surface area contributed by atoms with Gasteiger partial charge in [0.25, 0.3) is 0 Å². The Hall–Kier alpha value is -3.53. The van der Waals surface area contributed by atoms with Crippen molar-refractivity contribution in [1.82, 2.24) is 0 Å². The molecule has 0 spiro atoms. The molecule has 0 saturated carbocycles. The first kappa shape index (κ1) is 19.2. The molecule has 0 aliphatic heterocycles. The molecule has 0 fully saturated rings. The second kappa shape index (κ2) is 8.01. The molecule has 0 radical (unpaired) electrons. The van der Waals surface area contributed by atoms with Crippen LogP contribution in [0.15, 0.2) is 60.7 Å². The van der Waals surface area contributed by atoms with Crippen molar-refractivity contribution in [3.05, 3.63) is 77.4 Å². The maximum atomic E-state index is 12.0. The molecular weight excluding hydrogens is 352 g/mol. The van der Waals surface area contributed by atoms with Crippen molar-refractivity contribution in [3.8, 4) is 28.0 Å². The smallest absolute Gasteiger partial charge is 0.159 e. The van der Waals surface area contributed by atoms with Crippen molar-refractivity contribution in [2.24, 2.45) is 0 Å². The molecule has 4 nitrogen and oxygen atoms in total. The molecule has 0 saturated heterocycles. The van der Waals surface area contributed by atoms with Gasteiger partial charge in [-0.1, -0.05) is 48.5 Å². The summed E-state index contributed by atoms with van der Waals surface area (Å²) in [5.41, 5.74) is 4.80. The Labute approximate surface area is 163 Å². The van der Waals surface area contributed by atoms with Gasteiger partial charge in [0.2, 0.25) is 0 Å². The topological polar surface area (TPSA) is 60.4 Å². The second-order valence-electron chi connectivity index (χ2n) is 6.52. The molecular formula is C24H20O4. The van der Waals surface area contributed by atoms with Crippen LogP contribution in [0.4, 0.5) is 0 Å². The van der Waals surface area contributed by atoms with Gasteiger partial charge in [-0.15, -0.1) is 0 Å². The van der Waals surface area contributed by atoms with Crippen LogP contribution < -0.4 is 4.74 Å². The number of rotatable bonds is 6. The van der Waals surface area contributed by atoms with Gasteiger partial charge in [-0.05, 0) is 48.2 Å². The number of hydrogen-bond donors (Lipinski definition) is 0. The third-order valence-electron chi connectivity index (χ3n) is 4.71. The van der Waals surface area contributed by atoms with Gasteiger partial charge in [-0.25, -0.2) is 0 Å². The Kier molecular flexibility index (Phi) is 5.50. The molecule has 0 heterocycles. The molecule has 0 N–H and O–H groups in total. The number of carbonyl (C=O) groups is 3. The maximum Gasteiger partial charge on any atom is 0.159 e. The maximum absolute atomic E-state index is 12.0. The van der Waals surface area contributed by atoms with Crippen LogP contribution in [0.1, 0.15) is 44.9 Å². The van der Waals surface area contributed by atoms with Gasteiger partial charge in [0.15, 0.2) is 17.9 Å². The van der Waals surface area contributed by atoms with Crippen molar-refractivity contribution in [1.29, 1.82) is 0 Å². The summed E-state index contributed by atoms with van der Waals surface area (Å²) in [5.74, 6) is 0.583. The van der Waals surface area contributed by atoms with Gasteiger partial charge in [0, 0.05) is 16.7 Å². The number of ketones is 2. The highest BCUT2D eigenvalue weighted by Gasteiger charge is 2.15. The van der Waals surface area contributed by atoms with E-state index in [4.69, 9.17) is 4.74 Å². The van der Waals surface area contributed by atoms with E-state index in [2.05, 4.69) is 0 Å². The van der Waals surface area contributed by atoms with Gasteiger partial charge in [0.05, 0.1) is 7.11 Å². The predicted octanol–water partition coefficient (Wildman–Crippen LogP) is 5.25. The van der Waals surface area contributed by atoms with Gasteiger partial charge in [-0.2, -0.15) is 0 Å². The number of benzene rings is 3.